The largest absolute Gasteiger partial charge is 0.394 e. The van der Waals surface area contributed by atoms with E-state index in [-0.39, 0.29) is 18.9 Å². The molecule has 0 aromatic carbocycles. The van der Waals surface area contributed by atoms with Gasteiger partial charge in [-0.05, 0) is 77.0 Å². The van der Waals surface area contributed by atoms with E-state index in [0.717, 1.165) is 109 Å². The molecule has 3 saturated heterocycles. The van der Waals surface area contributed by atoms with E-state index >= 15 is 0 Å². The van der Waals surface area contributed by atoms with E-state index < -0.39 is 124 Å². The zero-order valence-electron chi connectivity index (χ0n) is 60.2. The van der Waals surface area contributed by atoms with E-state index in [1.54, 1.807) is 0 Å². The van der Waals surface area contributed by atoms with Gasteiger partial charge in [0.05, 0.1) is 38.6 Å². The van der Waals surface area contributed by atoms with Gasteiger partial charge in [0.2, 0.25) is 5.91 Å². The van der Waals surface area contributed by atoms with E-state index in [4.69, 9.17) is 28.4 Å². The van der Waals surface area contributed by atoms with Crippen LogP contribution in [0, 0.1) is 0 Å². The first-order valence-corrected chi connectivity index (χ1v) is 38.5. The molecular weight excluding hydrogens is 1250 g/mol. The van der Waals surface area contributed by atoms with Crippen LogP contribution in [0.2, 0.25) is 0 Å². The Balaban J connectivity index is 1.36. The number of hydrogen-bond acceptors (Lipinski definition) is 18. The summed E-state index contributed by atoms with van der Waals surface area (Å²) in [4.78, 5) is 13.5. The quantitative estimate of drug-likeness (QED) is 0.0199. The number of amides is 1. The summed E-state index contributed by atoms with van der Waals surface area (Å²) in [5, 5.41) is 121. The fourth-order valence-electron chi connectivity index (χ4n) is 12.5. The fraction of sp³-hybridized carbons (Fsp3) is 0.785. The first kappa shape index (κ1) is 88.9. The molecule has 0 aromatic heterocycles. The second-order valence-electron chi connectivity index (χ2n) is 27.1. The van der Waals surface area contributed by atoms with Crippen LogP contribution in [0.1, 0.15) is 264 Å². The smallest absolute Gasteiger partial charge is 0.220 e. The molecule has 19 nitrogen and oxygen atoms in total. The molecule has 17 atom stereocenters. The Hall–Kier alpha value is -3.29. The molecule has 3 aliphatic rings. The first-order valence-electron chi connectivity index (χ1n) is 38.5. The van der Waals surface area contributed by atoms with Crippen molar-refractivity contribution in [2.75, 3.05) is 26.4 Å². The Morgan fingerprint density at radius 3 is 1.10 bits per heavy atom. The Morgan fingerprint density at radius 2 is 0.704 bits per heavy atom. The summed E-state index contributed by atoms with van der Waals surface area (Å²) in [5.74, 6) is -0.249. The van der Waals surface area contributed by atoms with E-state index in [1.807, 2.05) is 0 Å². The lowest BCUT2D eigenvalue weighted by Crippen LogP contribution is -2.66. The van der Waals surface area contributed by atoms with Crippen molar-refractivity contribution in [1.82, 2.24) is 5.32 Å². The van der Waals surface area contributed by atoms with Crippen LogP contribution >= 0.6 is 0 Å². The van der Waals surface area contributed by atoms with Crippen molar-refractivity contribution < 1.29 is 89.4 Å². The van der Waals surface area contributed by atoms with Gasteiger partial charge in [-0.2, -0.15) is 0 Å². The zero-order valence-corrected chi connectivity index (χ0v) is 60.2. The molecule has 0 aliphatic carbocycles. The molecule has 3 heterocycles. The summed E-state index contributed by atoms with van der Waals surface area (Å²) in [6.45, 7) is 1.69. The molecule has 17 unspecified atom stereocenters. The Morgan fingerprint density at radius 1 is 0.378 bits per heavy atom. The predicted molar refractivity (Wildman–Crippen MR) is 387 cm³/mol. The molecule has 3 fully saturated rings. The number of rotatable bonds is 59. The number of allylic oxidation sites excluding steroid dienone is 16. The predicted octanol–water partition coefficient (Wildman–Crippen LogP) is 12.0. The first-order chi connectivity index (χ1) is 47.8. The highest BCUT2D eigenvalue weighted by molar-refractivity contribution is 5.76. The highest BCUT2D eigenvalue weighted by Crippen LogP contribution is 2.33. The lowest BCUT2D eigenvalue weighted by Gasteiger charge is -2.48. The summed E-state index contributed by atoms with van der Waals surface area (Å²) in [5.41, 5.74) is 0. The van der Waals surface area contributed by atoms with Gasteiger partial charge in [-0.1, -0.05) is 278 Å². The van der Waals surface area contributed by atoms with Crippen LogP contribution in [-0.2, 0) is 33.2 Å². The molecule has 0 radical (unpaired) electrons. The molecule has 3 rings (SSSR count). The van der Waals surface area contributed by atoms with E-state index in [0.29, 0.717) is 12.8 Å². The maximum Gasteiger partial charge on any atom is 0.220 e. The Kier molecular flexibility index (Phi) is 53.7. The number of carbonyl (C=O) groups excluding carboxylic acids is 1. The lowest BCUT2D eigenvalue weighted by molar-refractivity contribution is -0.379. The van der Waals surface area contributed by atoms with Gasteiger partial charge in [-0.3, -0.25) is 4.79 Å². The van der Waals surface area contributed by atoms with Crippen molar-refractivity contribution in [2.45, 2.75) is 369 Å². The third-order valence-corrected chi connectivity index (χ3v) is 18.7. The number of aliphatic hydroxyl groups excluding tert-OH is 11. The van der Waals surface area contributed by atoms with Crippen molar-refractivity contribution in [3.63, 3.8) is 0 Å². The average molecular weight is 1390 g/mol. The lowest BCUT2D eigenvalue weighted by atomic mass is 9.96. The molecule has 1 amide bonds. The standard InChI is InChI=1S/C79H137NO18/c1-3-5-7-9-11-13-15-17-19-21-23-24-25-26-27-28-29-30-31-32-33-34-35-36-37-38-39-41-43-45-47-49-51-53-55-57-67(85)80-62(63(84)56-54-52-50-48-46-44-42-40-22-20-18-16-14-12-10-8-6-4-2)61-93-77-73(91)70(88)75(65(59-82)95-77)98-79-74(92)71(89)76(66(60-83)96-79)97-78-72(90)69(87)68(86)64(58-81)94-78/h5,7,11,13,17,19,23-24,26-27,29-30,32-33,35-36,62-66,68-79,81-84,86-92H,3-4,6,8-10,12,14-16,18,20-22,25,28,31,34,37-61H2,1-2H3,(H,80,85)/b7-5-,13-11-,19-17-,24-23-,27-26-,30-29-,33-32-,36-35-. The normalized spacial score (nSPS) is 27.3. The molecular formula is C79H137NO18. The highest BCUT2D eigenvalue weighted by atomic mass is 16.8. The SMILES string of the molecule is CC/C=C\C/C=C\C/C=C\C/C=C\C/C=C\C/C=C\C/C=C\C/C=C\CCCCCCCCCCCCC(=O)NC(COC1OC(CO)C(OC2OC(CO)C(OC3OC(CO)C(O)C(O)C3O)C(O)C2O)C(O)C1O)C(O)CCCCCCCCCCCCCCCCCCCC. The molecule has 12 N–H and O–H groups in total. The van der Waals surface area contributed by atoms with Crippen LogP contribution in [-0.4, -0.2) is 193 Å². The average Bonchev–Trinajstić information content (AvgIpc) is 0.785. The number of aliphatic hydroxyl groups is 11. The van der Waals surface area contributed by atoms with Crippen LogP contribution in [0.3, 0.4) is 0 Å². The fourth-order valence-corrected chi connectivity index (χ4v) is 12.5. The number of ether oxygens (including phenoxy) is 6. The van der Waals surface area contributed by atoms with Gasteiger partial charge in [0.15, 0.2) is 18.9 Å². The second kappa shape index (κ2) is 59.1. The van der Waals surface area contributed by atoms with Crippen molar-refractivity contribution in [1.29, 1.82) is 0 Å². The summed E-state index contributed by atoms with van der Waals surface area (Å²) in [6, 6.07) is -0.896. The van der Waals surface area contributed by atoms with Crippen molar-refractivity contribution in [2.24, 2.45) is 0 Å². The zero-order chi connectivity index (χ0) is 71.1. The number of unbranched alkanes of at least 4 members (excludes halogenated alkanes) is 27. The minimum absolute atomic E-state index is 0.249. The van der Waals surface area contributed by atoms with E-state index in [9.17, 15) is 61.0 Å². The van der Waals surface area contributed by atoms with E-state index in [2.05, 4.69) is 116 Å². The maximum absolute atomic E-state index is 13.5. The summed E-state index contributed by atoms with van der Waals surface area (Å²) < 4.78 is 34.5. The number of nitrogens with one attached hydrogen (secondary N) is 1. The van der Waals surface area contributed by atoms with Crippen LogP contribution in [0.5, 0.6) is 0 Å². The second-order valence-corrected chi connectivity index (χ2v) is 27.1. The number of carbonyl (C=O) groups is 1. The van der Waals surface area contributed by atoms with Gasteiger partial charge in [0, 0.05) is 6.42 Å². The van der Waals surface area contributed by atoms with Crippen LogP contribution in [0.25, 0.3) is 0 Å². The summed E-state index contributed by atoms with van der Waals surface area (Å²) in [6.07, 6.45) is 51.9. The van der Waals surface area contributed by atoms with Crippen LogP contribution in [0.4, 0.5) is 0 Å². The van der Waals surface area contributed by atoms with Crippen molar-refractivity contribution in [3.8, 4) is 0 Å². The minimum atomic E-state index is -1.98. The molecule has 0 bridgehead atoms. The van der Waals surface area contributed by atoms with Gasteiger partial charge >= 0.3 is 0 Å². The van der Waals surface area contributed by atoms with Gasteiger partial charge in [0.1, 0.15) is 73.2 Å². The molecule has 3 aliphatic heterocycles. The molecule has 19 heteroatoms. The van der Waals surface area contributed by atoms with Gasteiger partial charge in [0.25, 0.3) is 0 Å². The van der Waals surface area contributed by atoms with Gasteiger partial charge in [-0.15, -0.1) is 0 Å². The molecule has 566 valence electrons. The Bertz CT molecular complexity index is 2150. The summed E-state index contributed by atoms with van der Waals surface area (Å²) >= 11 is 0. The molecule has 98 heavy (non-hydrogen) atoms. The third-order valence-electron chi connectivity index (χ3n) is 18.7. The maximum atomic E-state index is 13.5. The van der Waals surface area contributed by atoms with Crippen molar-refractivity contribution >= 4 is 5.91 Å². The molecule has 0 spiro atoms. The van der Waals surface area contributed by atoms with E-state index in [1.165, 1.54) is 122 Å². The van der Waals surface area contributed by atoms with Gasteiger partial charge in [-0.25, -0.2) is 0 Å². The third kappa shape index (κ3) is 39.4. The molecule has 0 saturated carbocycles. The Labute approximate surface area is 590 Å². The monoisotopic (exact) mass is 1390 g/mol. The minimum Gasteiger partial charge on any atom is -0.394 e. The van der Waals surface area contributed by atoms with Crippen LogP contribution < -0.4 is 5.32 Å². The summed E-state index contributed by atoms with van der Waals surface area (Å²) in [7, 11) is 0. The van der Waals surface area contributed by atoms with Gasteiger partial charge < -0.3 is 89.9 Å². The number of hydrogen-bond donors (Lipinski definition) is 12. The molecule has 0 aromatic rings. The highest BCUT2D eigenvalue weighted by Gasteiger charge is 2.53. The topological polar surface area (TPSA) is 307 Å². The van der Waals surface area contributed by atoms with Crippen LogP contribution in [0.15, 0.2) is 97.2 Å². The van der Waals surface area contributed by atoms with Crippen molar-refractivity contribution in [3.05, 3.63) is 97.2 Å².